The van der Waals surface area contributed by atoms with Crippen molar-refractivity contribution in [2.45, 2.75) is 0 Å². The molecule has 0 spiro atoms. The summed E-state index contributed by atoms with van der Waals surface area (Å²) in [5.74, 6) is -2.28. The molecule has 0 aliphatic rings. The predicted molar refractivity (Wildman–Crippen MR) is 54.9 cm³/mol. The second kappa shape index (κ2) is 6.14. The number of hydrogen-bond donors (Lipinski definition) is 2. The Kier molecular flexibility index (Phi) is 4.81. The molecule has 0 bridgehead atoms. The van der Waals surface area contributed by atoms with Gasteiger partial charge in [0.25, 0.3) is 5.91 Å². The van der Waals surface area contributed by atoms with Gasteiger partial charge in [0.15, 0.2) is 0 Å². The summed E-state index contributed by atoms with van der Waals surface area (Å²) in [7, 11) is 0. The summed E-state index contributed by atoms with van der Waals surface area (Å²) in [6.07, 6.45) is 0. The minimum absolute atomic E-state index is 0.215. The highest BCUT2D eigenvalue weighted by atomic mass is 19.1. The van der Waals surface area contributed by atoms with Crippen molar-refractivity contribution in [3.63, 3.8) is 0 Å². The number of para-hydroxylation sites is 1. The van der Waals surface area contributed by atoms with E-state index in [0.717, 1.165) is 12.1 Å². The quantitative estimate of drug-likeness (QED) is 0.738. The molecule has 1 rings (SSSR count). The molecule has 3 N–H and O–H groups in total. The zero-order valence-electron chi connectivity index (χ0n) is 8.50. The molecule has 0 atom stereocenters. The van der Waals surface area contributed by atoms with Crippen molar-refractivity contribution in [1.29, 1.82) is 0 Å². The van der Waals surface area contributed by atoms with Crippen molar-refractivity contribution >= 4 is 11.6 Å². The van der Waals surface area contributed by atoms with E-state index in [1.165, 1.54) is 6.07 Å². The molecule has 0 radical (unpaired) electrons. The number of nitrogens with two attached hydrogens (primary N) is 1. The van der Waals surface area contributed by atoms with E-state index < -0.39 is 23.2 Å². The lowest BCUT2D eigenvalue weighted by Crippen LogP contribution is -2.21. The predicted octanol–water partition coefficient (Wildman–Crippen LogP) is 0.879. The van der Waals surface area contributed by atoms with Crippen LogP contribution in [-0.4, -0.2) is 25.7 Å². The highest BCUT2D eigenvalue weighted by Crippen LogP contribution is 2.17. The van der Waals surface area contributed by atoms with Crippen LogP contribution in [0.25, 0.3) is 0 Å². The van der Waals surface area contributed by atoms with Crippen LogP contribution in [-0.2, 0) is 9.53 Å². The summed E-state index contributed by atoms with van der Waals surface area (Å²) in [5.41, 5.74) is 4.67. The van der Waals surface area contributed by atoms with Gasteiger partial charge in [0.1, 0.15) is 23.9 Å². The molecule has 0 aliphatic carbocycles. The van der Waals surface area contributed by atoms with Gasteiger partial charge in [-0.3, -0.25) is 4.79 Å². The van der Waals surface area contributed by atoms with E-state index in [9.17, 15) is 13.6 Å². The monoisotopic (exact) mass is 230 g/mol. The highest BCUT2D eigenvalue weighted by Gasteiger charge is 2.11. The Morgan fingerprint density at radius 2 is 2.00 bits per heavy atom. The van der Waals surface area contributed by atoms with Crippen molar-refractivity contribution in [1.82, 2.24) is 0 Å². The Morgan fingerprint density at radius 1 is 1.38 bits per heavy atom. The summed E-state index contributed by atoms with van der Waals surface area (Å²) >= 11 is 0. The lowest BCUT2D eigenvalue weighted by atomic mass is 10.3. The SMILES string of the molecule is NCCOCC(=O)Nc1c(F)cccc1F. The average molecular weight is 230 g/mol. The van der Waals surface area contributed by atoms with E-state index >= 15 is 0 Å². The van der Waals surface area contributed by atoms with Gasteiger partial charge in [0.05, 0.1) is 6.61 Å². The van der Waals surface area contributed by atoms with Gasteiger partial charge in [-0.2, -0.15) is 0 Å². The van der Waals surface area contributed by atoms with Crippen LogP contribution in [0.4, 0.5) is 14.5 Å². The first-order chi connectivity index (χ1) is 7.65. The molecule has 1 aromatic rings. The molecule has 6 heteroatoms. The summed E-state index contributed by atoms with van der Waals surface area (Å²) in [6, 6.07) is 3.32. The fourth-order valence-corrected chi connectivity index (χ4v) is 1.04. The van der Waals surface area contributed by atoms with Gasteiger partial charge >= 0.3 is 0 Å². The van der Waals surface area contributed by atoms with Crippen molar-refractivity contribution in [3.05, 3.63) is 29.8 Å². The number of ether oxygens (including phenoxy) is 1. The van der Waals surface area contributed by atoms with E-state index in [4.69, 9.17) is 10.5 Å². The second-order valence-electron chi connectivity index (χ2n) is 2.99. The van der Waals surface area contributed by atoms with E-state index in [1.54, 1.807) is 0 Å². The number of nitrogens with one attached hydrogen (secondary N) is 1. The fraction of sp³-hybridized carbons (Fsp3) is 0.300. The molecule has 88 valence electrons. The number of anilines is 1. The van der Waals surface area contributed by atoms with Gasteiger partial charge in [0, 0.05) is 6.54 Å². The summed E-state index contributed by atoms with van der Waals surface area (Å²) < 4.78 is 31.0. The number of rotatable bonds is 5. The fourth-order valence-electron chi connectivity index (χ4n) is 1.04. The second-order valence-corrected chi connectivity index (χ2v) is 2.99. The number of amides is 1. The van der Waals surface area contributed by atoms with Crippen molar-refractivity contribution < 1.29 is 18.3 Å². The maximum atomic E-state index is 13.1. The lowest BCUT2D eigenvalue weighted by molar-refractivity contribution is -0.120. The van der Waals surface area contributed by atoms with Gasteiger partial charge in [-0.1, -0.05) is 6.07 Å². The van der Waals surface area contributed by atoms with Gasteiger partial charge in [-0.25, -0.2) is 8.78 Å². The van der Waals surface area contributed by atoms with Crippen molar-refractivity contribution in [3.8, 4) is 0 Å². The Bertz CT molecular complexity index is 352. The molecule has 0 saturated heterocycles. The topological polar surface area (TPSA) is 64.3 Å². The van der Waals surface area contributed by atoms with Crippen LogP contribution in [0.3, 0.4) is 0 Å². The third-order valence-electron chi connectivity index (χ3n) is 1.72. The van der Waals surface area contributed by atoms with Crippen LogP contribution >= 0.6 is 0 Å². The van der Waals surface area contributed by atoms with Gasteiger partial charge in [-0.15, -0.1) is 0 Å². The Balaban J connectivity index is 2.56. The van der Waals surface area contributed by atoms with Crippen LogP contribution in [0.2, 0.25) is 0 Å². The molecule has 0 aliphatic heterocycles. The molecule has 0 heterocycles. The van der Waals surface area contributed by atoms with Gasteiger partial charge in [-0.05, 0) is 12.1 Å². The molecule has 0 saturated carbocycles. The molecule has 0 aromatic heterocycles. The zero-order chi connectivity index (χ0) is 12.0. The van der Waals surface area contributed by atoms with Gasteiger partial charge < -0.3 is 15.8 Å². The Labute approximate surface area is 91.4 Å². The largest absolute Gasteiger partial charge is 0.370 e. The van der Waals surface area contributed by atoms with Crippen molar-refractivity contribution in [2.24, 2.45) is 5.73 Å². The first-order valence-corrected chi connectivity index (χ1v) is 4.67. The molecule has 1 aromatic carbocycles. The van der Waals surface area contributed by atoms with Crippen LogP contribution < -0.4 is 11.1 Å². The lowest BCUT2D eigenvalue weighted by Gasteiger charge is -2.07. The van der Waals surface area contributed by atoms with Gasteiger partial charge in [0.2, 0.25) is 0 Å². The number of carbonyl (C=O) groups is 1. The maximum absolute atomic E-state index is 13.1. The molecule has 0 unspecified atom stereocenters. The number of halogens is 2. The van der Waals surface area contributed by atoms with E-state index in [-0.39, 0.29) is 19.8 Å². The zero-order valence-corrected chi connectivity index (χ0v) is 8.50. The Hall–Kier alpha value is -1.53. The number of hydrogen-bond acceptors (Lipinski definition) is 3. The van der Waals surface area contributed by atoms with E-state index in [2.05, 4.69) is 5.32 Å². The minimum Gasteiger partial charge on any atom is -0.370 e. The average Bonchev–Trinajstić information content (AvgIpc) is 2.24. The molecule has 4 nitrogen and oxygen atoms in total. The minimum atomic E-state index is -0.827. The maximum Gasteiger partial charge on any atom is 0.250 e. The van der Waals surface area contributed by atoms with E-state index in [1.807, 2.05) is 0 Å². The summed E-state index contributed by atoms with van der Waals surface area (Å²) in [6.45, 7) is 0.208. The smallest absolute Gasteiger partial charge is 0.250 e. The molecule has 16 heavy (non-hydrogen) atoms. The number of benzene rings is 1. The van der Waals surface area contributed by atoms with E-state index in [0.29, 0.717) is 0 Å². The van der Waals surface area contributed by atoms with Crippen LogP contribution in [0.1, 0.15) is 0 Å². The first kappa shape index (κ1) is 12.5. The molecular formula is C10H12F2N2O2. The standard InChI is InChI=1S/C10H12F2N2O2/c11-7-2-1-3-8(12)10(7)14-9(15)6-16-5-4-13/h1-3H,4-6,13H2,(H,14,15). The highest BCUT2D eigenvalue weighted by molar-refractivity contribution is 5.91. The van der Waals surface area contributed by atoms with Crippen LogP contribution in [0, 0.1) is 11.6 Å². The third kappa shape index (κ3) is 3.56. The molecule has 0 fully saturated rings. The summed E-state index contributed by atoms with van der Waals surface area (Å²) in [4.78, 5) is 11.2. The normalized spacial score (nSPS) is 10.2. The van der Waals surface area contributed by atoms with Crippen LogP contribution in [0.15, 0.2) is 18.2 Å². The van der Waals surface area contributed by atoms with Crippen molar-refractivity contribution in [2.75, 3.05) is 25.1 Å². The molecular weight excluding hydrogens is 218 g/mol. The summed E-state index contributed by atoms with van der Waals surface area (Å²) in [5, 5.41) is 2.08. The first-order valence-electron chi connectivity index (χ1n) is 4.67. The van der Waals surface area contributed by atoms with Crippen LogP contribution in [0.5, 0.6) is 0 Å². The Morgan fingerprint density at radius 3 is 2.56 bits per heavy atom. The number of carbonyl (C=O) groups excluding carboxylic acids is 1. The third-order valence-corrected chi connectivity index (χ3v) is 1.72. The molecule has 1 amide bonds.